The van der Waals surface area contributed by atoms with Crippen LogP contribution in [0.15, 0.2) is 24.3 Å². The molecule has 1 unspecified atom stereocenters. The molecule has 1 atom stereocenters. The molecule has 0 saturated carbocycles. The number of halogens is 3. The van der Waals surface area contributed by atoms with Crippen molar-refractivity contribution in [3.63, 3.8) is 0 Å². The average Bonchev–Trinajstić information content (AvgIpc) is 2.35. The maximum absolute atomic E-state index is 12.1. The molecule has 0 aliphatic carbocycles. The Morgan fingerprint density at radius 2 is 2.11 bits per heavy atom. The number of nitrogens with two attached hydrogens (primary N) is 1. The summed E-state index contributed by atoms with van der Waals surface area (Å²) in [5.41, 5.74) is 5.75. The molecule has 0 fully saturated rings. The number of ether oxygens (including phenoxy) is 1. The van der Waals surface area contributed by atoms with Gasteiger partial charge < -0.3 is 15.4 Å². The average molecular weight is 295 g/mol. The number of likely N-dealkylation sites (N-methyl/N-ethyl adjacent to an activating group) is 1. The van der Waals surface area contributed by atoms with Crippen LogP contribution in [0.4, 0.5) is 8.78 Å². The molecular formula is C12H17ClF2N2O2. The Labute approximate surface area is 116 Å². The van der Waals surface area contributed by atoms with Gasteiger partial charge in [-0.1, -0.05) is 6.07 Å². The van der Waals surface area contributed by atoms with Gasteiger partial charge in [0.05, 0.1) is 0 Å². The third-order valence-corrected chi connectivity index (χ3v) is 2.63. The number of alkyl halides is 2. The highest BCUT2D eigenvalue weighted by Crippen LogP contribution is 2.17. The molecule has 2 N–H and O–H groups in total. The Hall–Kier alpha value is -1.40. The normalized spacial score (nSPS) is 11.7. The third kappa shape index (κ3) is 5.00. The van der Waals surface area contributed by atoms with Gasteiger partial charge in [-0.25, -0.2) is 0 Å². The Bertz CT molecular complexity index is 418. The largest absolute Gasteiger partial charge is 0.435 e. The summed E-state index contributed by atoms with van der Waals surface area (Å²) in [7, 11) is 1.61. The van der Waals surface area contributed by atoms with Crippen molar-refractivity contribution in [1.29, 1.82) is 0 Å². The number of benzene rings is 1. The molecule has 0 bridgehead atoms. The summed E-state index contributed by atoms with van der Waals surface area (Å²) in [6, 6.07) is 5.56. The summed E-state index contributed by atoms with van der Waals surface area (Å²) in [6.07, 6.45) is 0. The van der Waals surface area contributed by atoms with Crippen molar-refractivity contribution in [3.8, 4) is 5.75 Å². The molecule has 0 aromatic heterocycles. The molecule has 0 aliphatic heterocycles. The number of carbonyl (C=O) groups is 1. The summed E-state index contributed by atoms with van der Waals surface area (Å²) in [4.78, 5) is 13.5. The second-order valence-electron chi connectivity index (χ2n) is 3.91. The first kappa shape index (κ1) is 17.6. The van der Waals surface area contributed by atoms with E-state index in [1.807, 2.05) is 0 Å². The fourth-order valence-corrected chi connectivity index (χ4v) is 1.37. The van der Waals surface area contributed by atoms with Crippen molar-refractivity contribution in [2.75, 3.05) is 13.6 Å². The zero-order valence-electron chi connectivity index (χ0n) is 10.7. The first-order valence-electron chi connectivity index (χ1n) is 5.47. The Morgan fingerprint density at radius 1 is 1.47 bits per heavy atom. The van der Waals surface area contributed by atoms with Gasteiger partial charge in [-0.15, -0.1) is 12.4 Å². The number of rotatable bonds is 5. The zero-order valence-corrected chi connectivity index (χ0v) is 11.5. The van der Waals surface area contributed by atoms with Crippen LogP contribution in [0, 0.1) is 0 Å². The van der Waals surface area contributed by atoms with Crippen molar-refractivity contribution in [2.24, 2.45) is 5.73 Å². The lowest BCUT2D eigenvalue weighted by molar-refractivity contribution is -0.0499. The third-order valence-electron chi connectivity index (χ3n) is 2.63. The Kier molecular flexibility index (Phi) is 7.33. The fourth-order valence-electron chi connectivity index (χ4n) is 1.37. The molecule has 1 amide bonds. The quantitative estimate of drug-likeness (QED) is 0.905. The molecule has 0 heterocycles. The first-order valence-corrected chi connectivity index (χ1v) is 5.47. The molecule has 0 aliphatic rings. The minimum absolute atomic E-state index is 0. The van der Waals surface area contributed by atoms with Gasteiger partial charge in [-0.05, 0) is 25.1 Å². The molecule has 7 heteroatoms. The lowest BCUT2D eigenvalue weighted by Gasteiger charge is -2.23. The van der Waals surface area contributed by atoms with Crippen LogP contribution in [-0.2, 0) is 0 Å². The first-order chi connectivity index (χ1) is 8.45. The molecule has 1 aromatic rings. The highest BCUT2D eigenvalue weighted by atomic mass is 35.5. The van der Waals surface area contributed by atoms with E-state index in [1.165, 1.54) is 23.1 Å². The van der Waals surface area contributed by atoms with Crippen LogP contribution in [0.2, 0.25) is 0 Å². The predicted molar refractivity (Wildman–Crippen MR) is 70.9 cm³/mol. The monoisotopic (exact) mass is 294 g/mol. The summed E-state index contributed by atoms with van der Waals surface area (Å²) < 4.78 is 28.4. The van der Waals surface area contributed by atoms with Crippen LogP contribution >= 0.6 is 12.4 Å². The van der Waals surface area contributed by atoms with Crippen LogP contribution in [0.1, 0.15) is 17.3 Å². The van der Waals surface area contributed by atoms with Crippen molar-refractivity contribution >= 4 is 18.3 Å². The van der Waals surface area contributed by atoms with E-state index in [4.69, 9.17) is 5.73 Å². The van der Waals surface area contributed by atoms with Crippen molar-refractivity contribution in [1.82, 2.24) is 4.90 Å². The number of amides is 1. The second-order valence-corrected chi connectivity index (χ2v) is 3.91. The van der Waals surface area contributed by atoms with Crippen LogP contribution < -0.4 is 10.5 Å². The summed E-state index contributed by atoms with van der Waals surface area (Å²) in [6.45, 7) is -0.775. The summed E-state index contributed by atoms with van der Waals surface area (Å²) in [5.74, 6) is -0.322. The highest BCUT2D eigenvalue weighted by Gasteiger charge is 2.17. The molecule has 1 aromatic carbocycles. The van der Waals surface area contributed by atoms with E-state index < -0.39 is 6.61 Å². The minimum atomic E-state index is -2.91. The van der Waals surface area contributed by atoms with E-state index in [-0.39, 0.29) is 35.7 Å². The Morgan fingerprint density at radius 3 is 2.63 bits per heavy atom. The van der Waals surface area contributed by atoms with E-state index in [2.05, 4.69) is 4.74 Å². The van der Waals surface area contributed by atoms with Crippen LogP contribution in [0.5, 0.6) is 5.75 Å². The smallest absolute Gasteiger partial charge is 0.387 e. The molecule has 4 nitrogen and oxygen atoms in total. The molecule has 0 saturated heterocycles. The molecule has 1 rings (SSSR count). The second kappa shape index (κ2) is 7.91. The summed E-state index contributed by atoms with van der Waals surface area (Å²) >= 11 is 0. The van der Waals surface area contributed by atoms with Crippen molar-refractivity contribution < 1.29 is 18.3 Å². The molecule has 19 heavy (non-hydrogen) atoms. The van der Waals surface area contributed by atoms with Gasteiger partial charge in [-0.2, -0.15) is 8.78 Å². The van der Waals surface area contributed by atoms with Gasteiger partial charge in [-0.3, -0.25) is 4.79 Å². The Balaban J connectivity index is 0.00000324. The van der Waals surface area contributed by atoms with Gasteiger partial charge in [0.1, 0.15) is 5.75 Å². The standard InChI is InChI=1S/C12H16F2N2O2.ClH/c1-8(7-15)16(2)11(17)9-4-3-5-10(6-9)18-12(13)14;/h3-6,8,12H,7,15H2,1-2H3;1H. The SMILES string of the molecule is CC(CN)N(C)C(=O)c1cccc(OC(F)F)c1.Cl. The van der Waals surface area contributed by atoms with Crippen molar-refractivity contribution in [2.45, 2.75) is 19.6 Å². The van der Waals surface area contributed by atoms with E-state index in [0.717, 1.165) is 0 Å². The van der Waals surface area contributed by atoms with E-state index >= 15 is 0 Å². The molecule has 108 valence electrons. The molecule has 0 radical (unpaired) electrons. The minimum Gasteiger partial charge on any atom is -0.435 e. The molecule has 0 spiro atoms. The number of hydrogen-bond acceptors (Lipinski definition) is 3. The van der Waals surface area contributed by atoms with Gasteiger partial charge in [0.25, 0.3) is 5.91 Å². The van der Waals surface area contributed by atoms with Crippen LogP contribution in [0.25, 0.3) is 0 Å². The van der Waals surface area contributed by atoms with Crippen molar-refractivity contribution in [3.05, 3.63) is 29.8 Å². The maximum atomic E-state index is 12.1. The highest BCUT2D eigenvalue weighted by molar-refractivity contribution is 5.94. The van der Waals surface area contributed by atoms with Crippen LogP contribution in [0.3, 0.4) is 0 Å². The van der Waals surface area contributed by atoms with E-state index in [1.54, 1.807) is 20.0 Å². The zero-order chi connectivity index (χ0) is 13.7. The van der Waals surface area contributed by atoms with E-state index in [0.29, 0.717) is 6.54 Å². The lowest BCUT2D eigenvalue weighted by Crippen LogP contribution is -2.39. The van der Waals surface area contributed by atoms with E-state index in [9.17, 15) is 13.6 Å². The van der Waals surface area contributed by atoms with Gasteiger partial charge in [0.2, 0.25) is 0 Å². The van der Waals surface area contributed by atoms with Gasteiger partial charge in [0.15, 0.2) is 0 Å². The van der Waals surface area contributed by atoms with Gasteiger partial charge >= 0.3 is 6.61 Å². The number of hydrogen-bond donors (Lipinski definition) is 1. The number of nitrogens with zero attached hydrogens (tertiary/aromatic N) is 1. The lowest BCUT2D eigenvalue weighted by atomic mass is 10.1. The summed E-state index contributed by atoms with van der Waals surface area (Å²) in [5, 5.41) is 0. The topological polar surface area (TPSA) is 55.6 Å². The fraction of sp³-hybridized carbons (Fsp3) is 0.417. The predicted octanol–water partition coefficient (Wildman–Crippen LogP) is 2.13. The maximum Gasteiger partial charge on any atom is 0.387 e. The molecular weight excluding hydrogens is 278 g/mol. The van der Waals surface area contributed by atoms with Crippen LogP contribution in [-0.4, -0.2) is 37.1 Å². The number of carbonyl (C=O) groups excluding carboxylic acids is 1. The van der Waals surface area contributed by atoms with Gasteiger partial charge in [0, 0.05) is 25.2 Å².